The third-order valence-electron chi connectivity index (χ3n) is 30.5. The second-order valence-electron chi connectivity index (χ2n) is 43.0. The second kappa shape index (κ2) is 82.8. The van der Waals surface area contributed by atoms with Crippen LogP contribution in [-0.4, -0.2) is 232 Å². The zero-order valence-electron chi connectivity index (χ0n) is 96.6. The molecule has 11 fully saturated rings. The number of rotatable bonds is 39. The van der Waals surface area contributed by atoms with Gasteiger partial charge in [-0.15, -0.1) is 11.6 Å². The van der Waals surface area contributed by atoms with Gasteiger partial charge in [-0.05, 0) is 127 Å². The van der Waals surface area contributed by atoms with Crippen LogP contribution < -0.4 is 0 Å². The first kappa shape index (κ1) is 142. The summed E-state index contributed by atoms with van der Waals surface area (Å²) in [4.78, 5) is 105. The van der Waals surface area contributed by atoms with Gasteiger partial charge in [0.15, 0.2) is 5.78 Å². The lowest BCUT2D eigenvalue weighted by Gasteiger charge is -2.30. The lowest BCUT2D eigenvalue weighted by molar-refractivity contribution is -0.133. The topological polar surface area (TPSA) is 288 Å². The summed E-state index contributed by atoms with van der Waals surface area (Å²) in [5.41, 5.74) is -0.583. The van der Waals surface area contributed by atoms with Crippen molar-refractivity contribution in [3.63, 3.8) is 0 Å². The Hall–Kier alpha value is -6.72. The maximum absolute atomic E-state index is 12.0. The fraction of sp³-hybridized carbons (Fsp3) is 0.744. The highest BCUT2D eigenvalue weighted by Gasteiger charge is 2.52. The van der Waals surface area contributed by atoms with Crippen molar-refractivity contribution in [2.45, 2.75) is 474 Å². The molecule has 6 saturated carbocycles. The molecule has 24 heteroatoms. The minimum Gasteiger partial charge on any atom is -0.447 e. The number of cyclic esters (lactones) is 1. The van der Waals surface area contributed by atoms with Crippen LogP contribution >= 0.6 is 35.6 Å². The number of thiocarbonyl (C=S) groups is 1. The Kier molecular flexibility index (Phi) is 79.0. The smallest absolute Gasteiger partial charge is 0.410 e. The number of Topliss-reactive ketones (excluding diaryl/α,β-unsaturated/α-hetero) is 4. The molecule has 6 aliphatic carbocycles. The molecule has 6 N–H and O–H groups in total. The van der Waals surface area contributed by atoms with Crippen molar-refractivity contribution in [2.75, 3.05) is 47.6 Å². The van der Waals surface area contributed by atoms with Gasteiger partial charge in [0.1, 0.15) is 30.1 Å². The number of ether oxygens (including phenoxy) is 1. The predicted molar refractivity (Wildman–Crippen MR) is 630 cm³/mol. The molecule has 149 heavy (non-hydrogen) atoms. The molecular formula is C125H213ClN6O15S2. The number of allylic oxidation sites excluding steroid dienone is 12. The Morgan fingerprint density at radius 3 is 1.19 bits per heavy atom. The van der Waals surface area contributed by atoms with Gasteiger partial charge in [-0.1, -0.05) is 399 Å². The molecule has 25 atom stereocenters. The van der Waals surface area contributed by atoms with Gasteiger partial charge in [0.25, 0.3) is 5.24 Å². The van der Waals surface area contributed by atoms with Crippen LogP contribution in [0, 0.1) is 83.0 Å². The number of piperidine rings is 1. The minimum absolute atomic E-state index is 0. The zero-order valence-corrected chi connectivity index (χ0v) is 99.0. The highest BCUT2D eigenvalue weighted by Crippen LogP contribution is 2.44. The zero-order chi connectivity index (χ0) is 111. The van der Waals surface area contributed by atoms with Crippen molar-refractivity contribution in [1.82, 2.24) is 24.5 Å². The number of amides is 4. The Labute approximate surface area is 922 Å². The van der Waals surface area contributed by atoms with Crippen LogP contribution in [0.25, 0.3) is 4.85 Å². The molecule has 5 saturated heterocycles. The van der Waals surface area contributed by atoms with E-state index in [1.165, 1.54) is 76.0 Å². The van der Waals surface area contributed by atoms with E-state index >= 15 is 0 Å². The van der Waals surface area contributed by atoms with Crippen molar-refractivity contribution < 1.29 is 73.7 Å². The number of carbonyl (C=O) groups is 8. The van der Waals surface area contributed by atoms with E-state index in [4.69, 9.17) is 35.1 Å². The lowest BCUT2D eigenvalue weighted by Crippen LogP contribution is -2.39. The second-order valence-corrected chi connectivity index (χ2v) is 45.0. The summed E-state index contributed by atoms with van der Waals surface area (Å²) in [6.07, 6.45) is 85.3. The Morgan fingerprint density at radius 1 is 0.416 bits per heavy atom. The van der Waals surface area contributed by atoms with Crippen LogP contribution in [0.1, 0.15) is 396 Å². The number of thioether (sulfide) groups is 1. The summed E-state index contributed by atoms with van der Waals surface area (Å²) in [5, 5.41) is 58.8. The molecule has 11 rings (SSSR count). The summed E-state index contributed by atoms with van der Waals surface area (Å²) in [6.45, 7) is 46.9. The lowest BCUT2D eigenvalue weighted by atomic mass is 9.86. The number of ketones is 4. The summed E-state index contributed by atoms with van der Waals surface area (Å²) in [7, 11) is 9.51. The average molecular weight is 2140 g/mol. The first-order valence-electron chi connectivity index (χ1n) is 57.7. The van der Waals surface area contributed by atoms with E-state index in [1.54, 1.807) is 16.8 Å². The molecule has 20 unspecified atom stereocenters. The molecule has 11 aliphatic rings. The summed E-state index contributed by atoms with van der Waals surface area (Å²) < 4.78 is 4.84. The molecule has 21 nitrogen and oxygen atoms in total. The van der Waals surface area contributed by atoms with Crippen molar-refractivity contribution in [3.8, 4) is 0 Å². The SMILES string of the molecule is C.CCCC=CC1C(C)C(=O)C(C)(C)C1O.CCCC=CC1C(C)C(=O)C[C@H]1O.CCCC=CC1C(C)[C@H](Cl)C[C@H]1O.CCCC=CC1C(O)CC(=O)C1CCCCCCC.CCCC=CC1CC(O)C(=O)C1C.CCCC=CC1CCC(=O)N1C.CCCC=CC1CCC(=S)N1C.CCCC=CC1CCCC(=O)N1C.CCCC=CC1COC(=O)N1C.CCCC=CC1CSC(=O)N1C.[C-]#[N+][C@@H]1C[C@@H](O)C(C=CCCC)C1C. The number of aliphatic hydroxyl groups excluding tert-OH is 6. The van der Waals surface area contributed by atoms with Gasteiger partial charge in [-0.2, -0.15) is 0 Å². The highest BCUT2D eigenvalue weighted by molar-refractivity contribution is 8.13. The van der Waals surface area contributed by atoms with E-state index in [-0.39, 0.29) is 143 Å². The van der Waals surface area contributed by atoms with Gasteiger partial charge >= 0.3 is 6.09 Å². The molecule has 5 heterocycles. The Bertz CT molecular complexity index is 3920. The predicted octanol–water partition coefficient (Wildman–Crippen LogP) is 28.3. The highest BCUT2D eigenvalue weighted by atomic mass is 35.5. The fourth-order valence-corrected chi connectivity index (χ4v) is 21.4. The number of hydrogen-bond acceptors (Lipinski definition) is 17. The minimum atomic E-state index is -0.716. The molecule has 0 spiro atoms. The quantitative estimate of drug-likeness (QED) is 0.0110. The number of carbonyl (C=O) groups excluding carboxylic acids is 8. The molecule has 4 amide bonds. The number of likely N-dealkylation sites (N-methyl/N-ethyl adjacent to an activating group) is 5. The van der Waals surface area contributed by atoms with Crippen LogP contribution in [0.4, 0.5) is 9.59 Å². The van der Waals surface area contributed by atoms with E-state index in [0.717, 1.165) is 178 Å². The fourth-order valence-electron chi connectivity index (χ4n) is 19.8. The van der Waals surface area contributed by atoms with E-state index in [9.17, 15) is 69.0 Å². The van der Waals surface area contributed by atoms with Gasteiger partial charge in [-0.3, -0.25) is 33.6 Å². The van der Waals surface area contributed by atoms with E-state index in [2.05, 4.69) is 229 Å². The van der Waals surface area contributed by atoms with E-state index in [0.29, 0.717) is 68.3 Å². The van der Waals surface area contributed by atoms with Crippen molar-refractivity contribution in [2.24, 2.45) is 76.4 Å². The summed E-state index contributed by atoms with van der Waals surface area (Å²) >= 11 is 12.7. The van der Waals surface area contributed by atoms with Gasteiger partial charge in [0.05, 0.1) is 59.0 Å². The van der Waals surface area contributed by atoms with E-state index < -0.39 is 29.8 Å². The number of alkyl halides is 1. The third-order valence-corrected chi connectivity index (χ3v) is 32.6. The monoisotopic (exact) mass is 2140 g/mol. The molecule has 0 aromatic rings. The van der Waals surface area contributed by atoms with Crippen LogP contribution in [0.3, 0.4) is 0 Å². The van der Waals surface area contributed by atoms with Gasteiger partial charge in [0, 0.05) is 156 Å². The van der Waals surface area contributed by atoms with Gasteiger partial charge in [0.2, 0.25) is 17.9 Å². The maximum Gasteiger partial charge on any atom is 0.410 e. The number of likely N-dealkylation sites (tertiary alicyclic amines) is 3. The maximum atomic E-state index is 12.0. The number of nitrogens with zero attached hydrogens (tertiary/aromatic N) is 6. The first-order chi connectivity index (χ1) is 70.6. The number of halogens is 1. The van der Waals surface area contributed by atoms with Crippen molar-refractivity contribution in [1.29, 1.82) is 0 Å². The molecule has 0 aromatic heterocycles. The van der Waals surface area contributed by atoms with Crippen LogP contribution in [-0.2, 0) is 33.5 Å². The van der Waals surface area contributed by atoms with Crippen molar-refractivity contribution in [3.05, 3.63) is 145 Å². The summed E-state index contributed by atoms with van der Waals surface area (Å²) in [5.74, 6) is 3.72. The molecule has 5 aliphatic heterocycles. The molecule has 0 radical (unpaired) electrons. The Balaban J connectivity index is 0.00000162. The van der Waals surface area contributed by atoms with Crippen LogP contribution in [0.2, 0.25) is 0 Å². The van der Waals surface area contributed by atoms with Crippen molar-refractivity contribution >= 4 is 86.8 Å². The summed E-state index contributed by atoms with van der Waals surface area (Å²) in [6, 6.07) is 1.78. The molecule has 852 valence electrons. The number of unbranched alkanes of at least 4 members (excludes halogenated alkanes) is 15. The third kappa shape index (κ3) is 53.1. The number of aliphatic hydroxyl groups is 6. The Morgan fingerprint density at radius 2 is 0.812 bits per heavy atom. The first-order valence-corrected chi connectivity index (χ1v) is 59.5. The average Bonchev–Trinajstić information content (AvgIpc) is 1.62. The molecule has 0 aromatic carbocycles. The van der Waals surface area contributed by atoms with E-state index in [1.807, 2.05) is 83.8 Å². The number of hydrogen-bond donors (Lipinski definition) is 6. The molecule has 0 bridgehead atoms. The van der Waals surface area contributed by atoms with Crippen LogP contribution in [0.5, 0.6) is 0 Å². The van der Waals surface area contributed by atoms with Gasteiger partial charge in [-0.25, -0.2) is 11.4 Å². The molecular weight excluding hydrogens is 1920 g/mol. The normalized spacial score (nSPS) is 30.1. The van der Waals surface area contributed by atoms with Crippen LogP contribution in [0.15, 0.2) is 134 Å². The largest absolute Gasteiger partial charge is 0.447 e. The standard InChI is InChI=1S/C17H30O2.C13H22O2.C12H19NO.C11H19ClO.C11H19NO.2C11H18O2.C10H17NO.C10H17NS.C9H15NO2.C9H15NOS.CH4/c1-3-5-7-8-10-12-15-14(11-9-6-4-2)16(18)13-17(15)19;1-5-6-7-8-10-9(2)11(14)13(3,4)12(10)15;1-4-5-6-7-10-9(2)11(13-3)8-12(10)14;1-3-4-5-6-9-8(2)10(12)7-11(9)13;1-3-4-5-7-10-8-6-9-11(13)12(10)2;1-3-4-5-6-9-8(2)10(12)7-11(9)13;1-3-4-5-6-9-7-10(12)11(13)8(9)2;2*1-3-4-5-6-9-7-8-10(12)11(9)2;2*1-3-4-5-6-8-7-12-9(11)10(8)2;/h9,11,14-16,18H,3-8,10,12-13H2,1-2H3;7-10,12,15H,5-6H2,1-4H3;6-7,9-12,14H,4-5,8H2,1-2H3;5-6,8-11,13H,3-4,7H2,1-2H3;5,7,10H,3-4,6,8-9H2,1-2H3;5-6,8-9,11,13H,3-4,7H2,1-2H3;5-6,8-10,12H,3-4,7H2,1-2H3;2*5-6,9H,3-4,7-8H2,1-2H3;2*5-6,8H,3-4,7H2,1-2H3;1H4/t;;9?,10?,11-,12-;8?,9?,10-,11-;;8?,9?,11-;;;;;;/m..11.1....../s1. The van der Waals surface area contributed by atoms with Gasteiger partial charge < -0.3 is 64.7 Å².